The Kier molecular flexibility index (Phi) is 6.14. The number of aryl methyl sites for hydroxylation is 2. The number of hydrogen-bond acceptors (Lipinski definition) is 2. The van der Waals surface area contributed by atoms with Gasteiger partial charge in [-0.2, -0.15) is 0 Å². The monoisotopic (exact) mass is 329 g/mol. The fraction of sp³-hybridized carbons (Fsp3) is 0.176. The number of fused-ring (bicyclic) bond motifs is 1. The number of halogens is 1. The van der Waals surface area contributed by atoms with Gasteiger partial charge in [-0.15, -0.1) is 12.3 Å². The van der Waals surface area contributed by atoms with Crippen molar-refractivity contribution < 1.29 is 0 Å². The van der Waals surface area contributed by atoms with Gasteiger partial charge in [-0.05, 0) is 31.5 Å². The van der Waals surface area contributed by atoms with Gasteiger partial charge in [-0.3, -0.25) is 4.79 Å². The van der Waals surface area contributed by atoms with Crippen LogP contribution in [-0.4, -0.2) is 6.21 Å². The predicted molar refractivity (Wildman–Crippen MR) is 89.6 cm³/mol. The van der Waals surface area contributed by atoms with E-state index in [2.05, 4.69) is 21.9 Å². The van der Waals surface area contributed by atoms with Crippen LogP contribution in [0.2, 0.25) is 0 Å². The average molecular weight is 330 g/mol. The van der Waals surface area contributed by atoms with Crippen LogP contribution < -0.4 is 5.43 Å². The van der Waals surface area contributed by atoms with E-state index < -0.39 is 0 Å². The fourth-order valence-corrected chi connectivity index (χ4v) is 2.42. The summed E-state index contributed by atoms with van der Waals surface area (Å²) in [5, 5.41) is 8.08. The van der Waals surface area contributed by atoms with Gasteiger partial charge in [-0.1, -0.05) is 39.7 Å². The zero-order chi connectivity index (χ0) is 15.1. The van der Waals surface area contributed by atoms with Gasteiger partial charge in [0.15, 0.2) is 5.43 Å². The minimum atomic E-state index is 0.0770. The van der Waals surface area contributed by atoms with Gasteiger partial charge in [-0.25, -0.2) is 0 Å². The Morgan fingerprint density at radius 2 is 1.90 bits per heavy atom. The lowest BCUT2D eigenvalue weighted by molar-refractivity contribution is 1.48. The van der Waals surface area contributed by atoms with Crippen molar-refractivity contribution in [2.24, 2.45) is 0 Å². The fourth-order valence-electron chi connectivity index (χ4n) is 1.73. The summed E-state index contributed by atoms with van der Waals surface area (Å²) in [5.41, 5.74) is 2.21. The molecule has 0 aliphatic rings. The van der Waals surface area contributed by atoms with Crippen LogP contribution in [0.25, 0.3) is 10.8 Å². The van der Waals surface area contributed by atoms with Crippen molar-refractivity contribution in [1.82, 2.24) is 0 Å². The Balaban J connectivity index is 0.000000347. The molecule has 2 aromatic rings. The van der Waals surface area contributed by atoms with E-state index in [9.17, 15) is 4.79 Å². The Bertz CT molecular complexity index is 729. The molecule has 0 aromatic heterocycles. The van der Waals surface area contributed by atoms with Gasteiger partial charge in [0, 0.05) is 27.9 Å². The first-order valence-electron chi connectivity index (χ1n) is 6.12. The minimum Gasteiger partial charge on any atom is -0.312 e. The maximum Gasteiger partial charge on any atom is 0.186 e. The van der Waals surface area contributed by atoms with E-state index in [0.717, 1.165) is 26.4 Å². The first-order valence-corrected chi connectivity index (χ1v) is 6.92. The third kappa shape index (κ3) is 4.32. The molecule has 1 N–H and O–H groups in total. The molecule has 0 saturated carbocycles. The minimum absolute atomic E-state index is 0.0770. The highest BCUT2D eigenvalue weighted by molar-refractivity contribution is 9.10. The van der Waals surface area contributed by atoms with E-state index in [1.54, 1.807) is 6.07 Å². The van der Waals surface area contributed by atoms with Crippen molar-refractivity contribution in [3.63, 3.8) is 0 Å². The molecule has 0 aliphatic heterocycles. The number of terminal acetylenes is 1. The van der Waals surface area contributed by atoms with E-state index >= 15 is 0 Å². The molecule has 0 spiro atoms. The quantitative estimate of drug-likeness (QED) is 0.617. The highest BCUT2D eigenvalue weighted by Gasteiger charge is 2.01. The molecule has 0 amide bonds. The number of nitrogens with one attached hydrogen (secondary N) is 1. The summed E-state index contributed by atoms with van der Waals surface area (Å²) in [6, 6.07) is 9.52. The van der Waals surface area contributed by atoms with Crippen LogP contribution in [-0.2, 0) is 0 Å². The molecule has 20 heavy (non-hydrogen) atoms. The summed E-state index contributed by atoms with van der Waals surface area (Å²) >= 11 is 3.51. The van der Waals surface area contributed by atoms with E-state index in [0.29, 0.717) is 6.42 Å². The van der Waals surface area contributed by atoms with Crippen molar-refractivity contribution in [3.8, 4) is 12.3 Å². The van der Waals surface area contributed by atoms with Crippen LogP contribution in [0.15, 0.2) is 39.6 Å². The number of rotatable bonds is 1. The summed E-state index contributed by atoms with van der Waals surface area (Å²) in [7, 11) is 0. The van der Waals surface area contributed by atoms with Gasteiger partial charge in [0.1, 0.15) is 0 Å². The first kappa shape index (κ1) is 16.1. The van der Waals surface area contributed by atoms with Crippen LogP contribution in [0.5, 0.6) is 0 Å². The normalized spacial score (nSPS) is 9.30. The van der Waals surface area contributed by atoms with Gasteiger partial charge >= 0.3 is 0 Å². The maximum absolute atomic E-state index is 11.8. The first-order chi connectivity index (χ1) is 9.49. The second-order valence-corrected chi connectivity index (χ2v) is 5.26. The third-order valence-electron chi connectivity index (χ3n) is 2.63. The summed E-state index contributed by atoms with van der Waals surface area (Å²) < 4.78 is 0.973. The molecule has 0 fully saturated rings. The van der Waals surface area contributed by atoms with Gasteiger partial charge in [0.25, 0.3) is 0 Å². The Morgan fingerprint density at radius 1 is 1.20 bits per heavy atom. The lowest BCUT2D eigenvalue weighted by Crippen LogP contribution is -1.95. The zero-order valence-electron chi connectivity index (χ0n) is 11.5. The smallest absolute Gasteiger partial charge is 0.186 e. The average Bonchev–Trinajstić information content (AvgIpc) is 2.49. The Hall–Kier alpha value is -1.92. The molecule has 0 aliphatic carbocycles. The molecule has 0 saturated heterocycles. The van der Waals surface area contributed by atoms with Crippen LogP contribution in [0.3, 0.4) is 0 Å². The highest BCUT2D eigenvalue weighted by Crippen LogP contribution is 2.22. The lowest BCUT2D eigenvalue weighted by Gasteiger charge is -1.96. The molecule has 0 unspecified atom stereocenters. The lowest BCUT2D eigenvalue weighted by atomic mass is 10.1. The summed E-state index contributed by atoms with van der Waals surface area (Å²) in [6.07, 6.45) is 6.39. The molecule has 2 aromatic carbocycles. The second kappa shape index (κ2) is 7.62. The standard InChI is InChI=1S/C13H11BrO.C4H5N/c1-8-3-4-10-11(5-8)12(14)6-9(2)7-13(10)15;1-2-3-4-5/h3-7H,1-2H3;1,4-5H,3H2. The van der Waals surface area contributed by atoms with Gasteiger partial charge in [0.2, 0.25) is 0 Å². The van der Waals surface area contributed by atoms with Crippen LogP contribution in [0, 0.1) is 31.6 Å². The molecule has 0 bridgehead atoms. The van der Waals surface area contributed by atoms with Crippen molar-refractivity contribution in [2.75, 3.05) is 0 Å². The summed E-state index contributed by atoms with van der Waals surface area (Å²) in [6.45, 7) is 3.95. The molecule has 3 heteroatoms. The zero-order valence-corrected chi connectivity index (χ0v) is 13.1. The summed E-state index contributed by atoms with van der Waals surface area (Å²) in [5.74, 6) is 2.27. The van der Waals surface area contributed by atoms with Crippen molar-refractivity contribution in [3.05, 3.63) is 56.2 Å². The largest absolute Gasteiger partial charge is 0.312 e. The molecule has 0 atom stereocenters. The van der Waals surface area contributed by atoms with Crippen molar-refractivity contribution >= 4 is 32.9 Å². The van der Waals surface area contributed by atoms with E-state index in [4.69, 9.17) is 11.8 Å². The van der Waals surface area contributed by atoms with Gasteiger partial charge in [0.05, 0.1) is 0 Å². The van der Waals surface area contributed by atoms with Crippen molar-refractivity contribution in [1.29, 1.82) is 5.41 Å². The molecular weight excluding hydrogens is 314 g/mol. The van der Waals surface area contributed by atoms with Gasteiger partial charge < -0.3 is 5.41 Å². The van der Waals surface area contributed by atoms with Crippen LogP contribution >= 0.6 is 15.9 Å². The molecule has 102 valence electrons. The van der Waals surface area contributed by atoms with E-state index in [1.165, 1.54) is 6.21 Å². The maximum atomic E-state index is 11.8. The molecular formula is C17H16BrNO. The SMILES string of the molecule is C#CCC=N.Cc1cc(Br)c2cc(C)ccc2c(=O)c1. The van der Waals surface area contributed by atoms with Crippen molar-refractivity contribution in [2.45, 2.75) is 20.3 Å². The number of hydrogen-bond donors (Lipinski definition) is 1. The van der Waals surface area contributed by atoms with E-state index in [1.807, 2.05) is 38.1 Å². The Labute approximate surface area is 127 Å². The molecule has 2 nitrogen and oxygen atoms in total. The number of benzene rings is 1. The predicted octanol–water partition coefficient (Wildman–Crippen LogP) is 4.24. The van der Waals surface area contributed by atoms with Crippen LogP contribution in [0.1, 0.15) is 17.5 Å². The van der Waals surface area contributed by atoms with E-state index in [-0.39, 0.29) is 5.43 Å². The van der Waals surface area contributed by atoms with Crippen LogP contribution in [0.4, 0.5) is 0 Å². The molecule has 0 radical (unpaired) electrons. The topological polar surface area (TPSA) is 40.9 Å². The summed E-state index contributed by atoms with van der Waals surface area (Å²) in [4.78, 5) is 11.8. The molecule has 0 heterocycles. The molecule has 2 rings (SSSR count). The highest BCUT2D eigenvalue weighted by atomic mass is 79.9. The second-order valence-electron chi connectivity index (χ2n) is 4.41. The Morgan fingerprint density at radius 3 is 2.45 bits per heavy atom. The third-order valence-corrected chi connectivity index (χ3v) is 3.29.